The molecule has 2 aliphatic carbocycles. The Hall–Kier alpha value is -0.570. The van der Waals surface area contributed by atoms with Crippen molar-refractivity contribution in [1.29, 1.82) is 0 Å². The van der Waals surface area contributed by atoms with Gasteiger partial charge in [0.15, 0.2) is 0 Å². The summed E-state index contributed by atoms with van der Waals surface area (Å²) in [6, 6.07) is 0.427. The molecular weight excluding hydrogens is 212 g/mol. The molecule has 3 rings (SSSR count). The number of nitrogens with one attached hydrogen (secondary N) is 2. The van der Waals surface area contributed by atoms with Crippen molar-refractivity contribution in [2.24, 2.45) is 17.8 Å². The van der Waals surface area contributed by atoms with Gasteiger partial charge < -0.3 is 10.6 Å². The van der Waals surface area contributed by atoms with Gasteiger partial charge in [-0.2, -0.15) is 0 Å². The first-order valence-electron chi connectivity index (χ1n) is 7.34. The summed E-state index contributed by atoms with van der Waals surface area (Å²) in [7, 11) is 0. The zero-order valence-electron chi connectivity index (χ0n) is 10.6. The van der Waals surface area contributed by atoms with Crippen molar-refractivity contribution in [2.45, 2.75) is 51.0 Å². The van der Waals surface area contributed by atoms with Crippen molar-refractivity contribution in [2.75, 3.05) is 13.1 Å². The summed E-state index contributed by atoms with van der Waals surface area (Å²) in [6.07, 6.45) is 8.62. The van der Waals surface area contributed by atoms with Gasteiger partial charge in [-0.15, -0.1) is 0 Å². The van der Waals surface area contributed by atoms with Crippen molar-refractivity contribution in [1.82, 2.24) is 10.6 Å². The first-order valence-corrected chi connectivity index (χ1v) is 7.34. The van der Waals surface area contributed by atoms with Gasteiger partial charge in [-0.3, -0.25) is 4.79 Å². The first-order chi connectivity index (χ1) is 8.33. The molecule has 2 N–H and O–H groups in total. The van der Waals surface area contributed by atoms with Crippen LogP contribution in [0.1, 0.15) is 44.9 Å². The summed E-state index contributed by atoms with van der Waals surface area (Å²) < 4.78 is 0. The molecule has 3 nitrogen and oxygen atoms in total. The Bertz CT molecular complexity index is 284. The third-order valence-corrected chi connectivity index (χ3v) is 5.00. The maximum atomic E-state index is 12.3. The average Bonchev–Trinajstić information content (AvgIpc) is 2.87. The molecule has 3 heteroatoms. The van der Waals surface area contributed by atoms with Gasteiger partial charge >= 0.3 is 0 Å². The van der Waals surface area contributed by atoms with Crippen LogP contribution in [0.4, 0.5) is 0 Å². The summed E-state index contributed by atoms with van der Waals surface area (Å²) in [4.78, 5) is 12.3. The van der Waals surface area contributed by atoms with Gasteiger partial charge in [0.1, 0.15) is 0 Å². The van der Waals surface area contributed by atoms with Gasteiger partial charge in [-0.25, -0.2) is 0 Å². The largest absolute Gasteiger partial charge is 0.353 e. The fourth-order valence-corrected chi connectivity index (χ4v) is 4.04. The Labute approximate surface area is 104 Å². The quantitative estimate of drug-likeness (QED) is 0.766. The maximum Gasteiger partial charge on any atom is 0.223 e. The third kappa shape index (κ3) is 2.49. The lowest BCUT2D eigenvalue weighted by Gasteiger charge is -2.24. The zero-order chi connectivity index (χ0) is 11.7. The minimum absolute atomic E-state index is 0.352. The van der Waals surface area contributed by atoms with Crippen molar-refractivity contribution in [3.8, 4) is 0 Å². The third-order valence-electron chi connectivity index (χ3n) is 5.00. The van der Waals surface area contributed by atoms with E-state index in [0.717, 1.165) is 31.8 Å². The second-order valence-corrected chi connectivity index (χ2v) is 6.17. The fourth-order valence-electron chi connectivity index (χ4n) is 4.04. The summed E-state index contributed by atoms with van der Waals surface area (Å²) >= 11 is 0. The van der Waals surface area contributed by atoms with Crippen LogP contribution in [-0.4, -0.2) is 25.0 Å². The molecule has 4 atom stereocenters. The highest BCUT2D eigenvalue weighted by Crippen LogP contribution is 2.48. The van der Waals surface area contributed by atoms with Gasteiger partial charge in [-0.1, -0.05) is 6.42 Å². The van der Waals surface area contributed by atoms with E-state index in [-0.39, 0.29) is 0 Å². The summed E-state index contributed by atoms with van der Waals surface area (Å²) in [5.74, 6) is 2.30. The predicted molar refractivity (Wildman–Crippen MR) is 67.6 cm³/mol. The molecule has 1 amide bonds. The second kappa shape index (κ2) is 4.97. The number of fused-ring (bicyclic) bond motifs is 2. The number of hydrogen-bond acceptors (Lipinski definition) is 2. The van der Waals surface area contributed by atoms with Crippen LogP contribution in [-0.2, 0) is 4.79 Å². The minimum Gasteiger partial charge on any atom is -0.353 e. The van der Waals surface area contributed by atoms with E-state index in [1.165, 1.54) is 32.1 Å². The van der Waals surface area contributed by atoms with Crippen molar-refractivity contribution < 1.29 is 4.79 Å². The fraction of sp³-hybridized carbons (Fsp3) is 0.929. The topological polar surface area (TPSA) is 41.1 Å². The molecule has 3 aliphatic rings. The van der Waals surface area contributed by atoms with Gasteiger partial charge in [0.05, 0.1) is 0 Å². The molecule has 3 fully saturated rings. The number of amides is 1. The van der Waals surface area contributed by atoms with E-state index in [1.807, 2.05) is 0 Å². The van der Waals surface area contributed by atoms with Crippen molar-refractivity contribution in [3.05, 3.63) is 0 Å². The smallest absolute Gasteiger partial charge is 0.223 e. The number of carbonyl (C=O) groups excluding carboxylic acids is 1. The van der Waals surface area contributed by atoms with Crippen LogP contribution in [0.3, 0.4) is 0 Å². The van der Waals surface area contributed by atoms with Crippen molar-refractivity contribution in [3.63, 3.8) is 0 Å². The van der Waals surface area contributed by atoms with Crippen molar-refractivity contribution >= 4 is 5.91 Å². The Kier molecular flexibility index (Phi) is 3.37. The molecule has 0 aromatic carbocycles. The lowest BCUT2D eigenvalue weighted by atomic mass is 9.88. The summed E-state index contributed by atoms with van der Waals surface area (Å²) in [5.41, 5.74) is 0. The molecular formula is C14H24N2O. The van der Waals surface area contributed by atoms with E-state index in [4.69, 9.17) is 0 Å². The van der Waals surface area contributed by atoms with Crippen LogP contribution in [0.5, 0.6) is 0 Å². The highest BCUT2D eigenvalue weighted by Gasteiger charge is 2.43. The molecule has 1 aliphatic heterocycles. The van der Waals surface area contributed by atoms with E-state index >= 15 is 0 Å². The zero-order valence-corrected chi connectivity index (χ0v) is 10.6. The van der Waals surface area contributed by atoms with Crippen LogP contribution in [0.25, 0.3) is 0 Å². The number of carbonyl (C=O) groups is 1. The molecule has 0 aromatic rings. The SMILES string of the molecule is O=C(NC1CCCNCC1)C1CC2CCC1C2. The summed E-state index contributed by atoms with van der Waals surface area (Å²) in [6.45, 7) is 2.17. The average molecular weight is 236 g/mol. The lowest BCUT2D eigenvalue weighted by molar-refractivity contribution is -0.127. The molecule has 0 radical (unpaired) electrons. The normalized spacial score (nSPS) is 41.2. The van der Waals surface area contributed by atoms with Gasteiger partial charge in [0, 0.05) is 12.0 Å². The van der Waals surface area contributed by atoms with E-state index in [9.17, 15) is 4.79 Å². The molecule has 96 valence electrons. The molecule has 2 saturated carbocycles. The molecule has 0 aromatic heterocycles. The van der Waals surface area contributed by atoms with E-state index in [2.05, 4.69) is 10.6 Å². The Morgan fingerprint density at radius 2 is 2.00 bits per heavy atom. The Morgan fingerprint density at radius 1 is 1.06 bits per heavy atom. The highest BCUT2D eigenvalue weighted by molar-refractivity contribution is 5.79. The van der Waals surface area contributed by atoms with Crippen LogP contribution < -0.4 is 10.6 Å². The second-order valence-electron chi connectivity index (χ2n) is 6.17. The monoisotopic (exact) mass is 236 g/mol. The minimum atomic E-state index is 0.352. The first kappa shape index (κ1) is 11.5. The van der Waals surface area contributed by atoms with E-state index in [0.29, 0.717) is 23.8 Å². The van der Waals surface area contributed by atoms with Crippen LogP contribution in [0.2, 0.25) is 0 Å². The predicted octanol–water partition coefficient (Wildman–Crippen LogP) is 1.68. The molecule has 1 heterocycles. The molecule has 0 spiro atoms. The van der Waals surface area contributed by atoms with Gasteiger partial charge in [0.2, 0.25) is 5.91 Å². The van der Waals surface area contributed by atoms with E-state index < -0.39 is 0 Å². The Morgan fingerprint density at radius 3 is 2.76 bits per heavy atom. The number of rotatable bonds is 2. The van der Waals surface area contributed by atoms with Crippen LogP contribution >= 0.6 is 0 Å². The maximum absolute atomic E-state index is 12.3. The van der Waals surface area contributed by atoms with Gasteiger partial charge in [0.25, 0.3) is 0 Å². The van der Waals surface area contributed by atoms with Crippen LogP contribution in [0.15, 0.2) is 0 Å². The molecule has 1 saturated heterocycles. The van der Waals surface area contributed by atoms with Gasteiger partial charge in [-0.05, 0) is 63.5 Å². The molecule has 2 bridgehead atoms. The highest BCUT2D eigenvalue weighted by atomic mass is 16.2. The van der Waals surface area contributed by atoms with E-state index in [1.54, 1.807) is 0 Å². The number of hydrogen-bond donors (Lipinski definition) is 2. The molecule has 4 unspecified atom stereocenters. The standard InChI is InChI=1S/C14H24N2O/c17-14(13-9-10-3-4-11(13)8-10)16-12-2-1-6-15-7-5-12/h10-13,15H,1-9H2,(H,16,17). The Balaban J connectivity index is 1.52. The summed E-state index contributed by atoms with van der Waals surface area (Å²) in [5, 5.41) is 6.70. The van der Waals surface area contributed by atoms with Crippen LogP contribution in [0, 0.1) is 17.8 Å². The molecule has 17 heavy (non-hydrogen) atoms. The lowest BCUT2D eigenvalue weighted by Crippen LogP contribution is -2.40.